The summed E-state index contributed by atoms with van der Waals surface area (Å²) < 4.78 is 38.8. The topological polar surface area (TPSA) is 35.5 Å². The highest BCUT2D eigenvalue weighted by Gasteiger charge is 2.35. The van der Waals surface area contributed by atoms with Gasteiger partial charge >= 0.3 is 6.18 Å². The summed E-state index contributed by atoms with van der Waals surface area (Å²) in [5.74, 6) is -0.634. The monoisotopic (exact) mass is 330 g/mol. The van der Waals surface area contributed by atoms with Crippen molar-refractivity contribution in [2.24, 2.45) is 0 Å². The van der Waals surface area contributed by atoms with Crippen LogP contribution in [-0.2, 0) is 12.7 Å². The standard InChI is InChI=1S/C17H25F3N2O/c1-21-10-11-22(14-7-3-2-4-8-14)12-13-6-5-9-15(16(13)23)17(18,19)20/h5-6,9,14,21,23H,2-4,7-8,10-12H2,1H3. The van der Waals surface area contributed by atoms with Crippen molar-refractivity contribution in [3.8, 4) is 5.75 Å². The van der Waals surface area contributed by atoms with Gasteiger partial charge in [-0.3, -0.25) is 4.90 Å². The normalized spacial score (nSPS) is 16.9. The van der Waals surface area contributed by atoms with Gasteiger partial charge in [-0.15, -0.1) is 0 Å². The van der Waals surface area contributed by atoms with Crippen molar-refractivity contribution in [1.82, 2.24) is 10.2 Å². The van der Waals surface area contributed by atoms with Crippen molar-refractivity contribution in [1.29, 1.82) is 0 Å². The molecule has 130 valence electrons. The zero-order valence-corrected chi connectivity index (χ0v) is 13.5. The minimum Gasteiger partial charge on any atom is -0.507 e. The molecule has 0 radical (unpaired) electrons. The first kappa shape index (κ1) is 18.1. The van der Waals surface area contributed by atoms with Gasteiger partial charge in [0.15, 0.2) is 0 Å². The van der Waals surface area contributed by atoms with Crippen molar-refractivity contribution in [3.05, 3.63) is 29.3 Å². The highest BCUT2D eigenvalue weighted by molar-refractivity contribution is 5.42. The average Bonchev–Trinajstić information content (AvgIpc) is 2.52. The van der Waals surface area contributed by atoms with Crippen LogP contribution in [0.2, 0.25) is 0 Å². The van der Waals surface area contributed by atoms with Crippen LogP contribution >= 0.6 is 0 Å². The van der Waals surface area contributed by atoms with Crippen LogP contribution < -0.4 is 5.32 Å². The number of para-hydroxylation sites is 1. The molecule has 0 bridgehead atoms. The zero-order chi connectivity index (χ0) is 16.9. The summed E-state index contributed by atoms with van der Waals surface area (Å²) in [4.78, 5) is 2.20. The highest BCUT2D eigenvalue weighted by atomic mass is 19.4. The van der Waals surface area contributed by atoms with Crippen molar-refractivity contribution in [2.45, 2.75) is 50.9 Å². The number of phenolic OH excluding ortho intramolecular Hbond substituents is 1. The Morgan fingerprint density at radius 3 is 2.52 bits per heavy atom. The molecule has 6 heteroatoms. The van der Waals surface area contributed by atoms with E-state index in [2.05, 4.69) is 10.2 Å². The molecule has 0 unspecified atom stereocenters. The van der Waals surface area contributed by atoms with Gasteiger partial charge in [0.25, 0.3) is 0 Å². The Kier molecular flexibility index (Phi) is 6.30. The molecule has 0 aromatic heterocycles. The maximum absolute atomic E-state index is 12.9. The van der Waals surface area contributed by atoms with Gasteiger partial charge in [-0.1, -0.05) is 31.4 Å². The maximum Gasteiger partial charge on any atom is 0.419 e. The zero-order valence-electron chi connectivity index (χ0n) is 13.5. The summed E-state index contributed by atoms with van der Waals surface area (Å²) in [5, 5.41) is 13.1. The molecule has 0 atom stereocenters. The van der Waals surface area contributed by atoms with Gasteiger partial charge in [-0.2, -0.15) is 13.2 Å². The molecule has 1 aliphatic rings. The van der Waals surface area contributed by atoms with Crippen LogP contribution in [0.3, 0.4) is 0 Å². The first-order chi connectivity index (χ1) is 10.9. The summed E-state index contributed by atoms with van der Waals surface area (Å²) in [6.45, 7) is 1.88. The number of phenols is 1. The third-order valence-corrected chi connectivity index (χ3v) is 4.54. The molecule has 1 aromatic rings. The molecule has 0 saturated heterocycles. The molecular weight excluding hydrogens is 305 g/mol. The van der Waals surface area contributed by atoms with Crippen LogP contribution in [0.15, 0.2) is 18.2 Å². The van der Waals surface area contributed by atoms with E-state index in [4.69, 9.17) is 0 Å². The number of hydrogen-bond acceptors (Lipinski definition) is 3. The molecule has 0 spiro atoms. The number of likely N-dealkylation sites (N-methyl/N-ethyl adjacent to an activating group) is 1. The molecule has 0 amide bonds. The van der Waals surface area contributed by atoms with Crippen LogP contribution in [0.4, 0.5) is 13.2 Å². The highest BCUT2D eigenvalue weighted by Crippen LogP contribution is 2.38. The second-order valence-corrected chi connectivity index (χ2v) is 6.18. The second kappa shape index (κ2) is 8.02. The first-order valence-corrected chi connectivity index (χ1v) is 8.20. The van der Waals surface area contributed by atoms with E-state index in [-0.39, 0.29) is 0 Å². The summed E-state index contributed by atoms with van der Waals surface area (Å²) >= 11 is 0. The lowest BCUT2D eigenvalue weighted by Crippen LogP contribution is -2.40. The van der Waals surface area contributed by atoms with Gasteiger partial charge in [0.1, 0.15) is 5.75 Å². The van der Waals surface area contributed by atoms with Crippen molar-refractivity contribution >= 4 is 0 Å². The average molecular weight is 330 g/mol. The van der Waals surface area contributed by atoms with E-state index in [1.807, 2.05) is 7.05 Å². The van der Waals surface area contributed by atoms with Crippen molar-refractivity contribution in [2.75, 3.05) is 20.1 Å². The summed E-state index contributed by atoms with van der Waals surface area (Å²) in [6.07, 6.45) is 1.17. The lowest BCUT2D eigenvalue weighted by Gasteiger charge is -2.34. The van der Waals surface area contributed by atoms with Gasteiger partial charge in [0.05, 0.1) is 5.56 Å². The van der Waals surface area contributed by atoms with Crippen LogP contribution in [-0.4, -0.2) is 36.2 Å². The van der Waals surface area contributed by atoms with Gasteiger partial charge in [0, 0.05) is 31.2 Å². The fraction of sp³-hybridized carbons (Fsp3) is 0.647. The Balaban J connectivity index is 2.18. The number of nitrogens with zero attached hydrogens (tertiary/aromatic N) is 1. The van der Waals surface area contributed by atoms with Crippen LogP contribution in [0.5, 0.6) is 5.75 Å². The van der Waals surface area contributed by atoms with E-state index in [9.17, 15) is 18.3 Å². The van der Waals surface area contributed by atoms with Gasteiger partial charge < -0.3 is 10.4 Å². The van der Waals surface area contributed by atoms with E-state index in [0.29, 0.717) is 18.2 Å². The molecule has 23 heavy (non-hydrogen) atoms. The van der Waals surface area contributed by atoms with Gasteiger partial charge in [-0.05, 0) is 26.0 Å². The first-order valence-electron chi connectivity index (χ1n) is 8.20. The lowest BCUT2D eigenvalue weighted by molar-refractivity contribution is -0.138. The number of benzene rings is 1. The fourth-order valence-electron chi connectivity index (χ4n) is 3.26. The number of halogens is 3. The summed E-state index contributed by atoms with van der Waals surface area (Å²) in [5.41, 5.74) is -0.603. The lowest BCUT2D eigenvalue weighted by atomic mass is 9.93. The number of rotatable bonds is 6. The smallest absolute Gasteiger partial charge is 0.419 e. The molecular formula is C17H25F3N2O. The predicted octanol–water partition coefficient (Wildman–Crippen LogP) is 3.77. The molecule has 2 rings (SSSR count). The van der Waals surface area contributed by atoms with Crippen LogP contribution in [0.1, 0.15) is 43.2 Å². The maximum atomic E-state index is 12.9. The molecule has 3 nitrogen and oxygen atoms in total. The third-order valence-electron chi connectivity index (χ3n) is 4.54. The van der Waals surface area contributed by atoms with E-state index >= 15 is 0 Å². The second-order valence-electron chi connectivity index (χ2n) is 6.18. The Morgan fingerprint density at radius 1 is 1.22 bits per heavy atom. The molecule has 1 aromatic carbocycles. The molecule has 0 aliphatic heterocycles. The minimum absolute atomic E-state index is 0.349. The van der Waals surface area contributed by atoms with Crippen LogP contribution in [0, 0.1) is 0 Å². The Labute approximate surface area is 135 Å². The molecule has 2 N–H and O–H groups in total. The van der Waals surface area contributed by atoms with E-state index < -0.39 is 17.5 Å². The third kappa shape index (κ3) is 4.85. The minimum atomic E-state index is -4.53. The Morgan fingerprint density at radius 2 is 1.91 bits per heavy atom. The quantitative estimate of drug-likeness (QED) is 0.833. The molecule has 1 saturated carbocycles. The SMILES string of the molecule is CNCCN(Cc1cccc(C(F)(F)F)c1O)C1CCCCC1. The largest absolute Gasteiger partial charge is 0.507 e. The van der Waals surface area contributed by atoms with Crippen molar-refractivity contribution in [3.63, 3.8) is 0 Å². The Hall–Kier alpha value is -1.27. The van der Waals surface area contributed by atoms with E-state index in [0.717, 1.165) is 44.8 Å². The fourth-order valence-corrected chi connectivity index (χ4v) is 3.26. The molecule has 0 heterocycles. The Bertz CT molecular complexity index is 499. The molecule has 1 aliphatic carbocycles. The van der Waals surface area contributed by atoms with E-state index in [1.165, 1.54) is 12.5 Å². The van der Waals surface area contributed by atoms with Gasteiger partial charge in [-0.25, -0.2) is 0 Å². The summed E-state index contributed by atoms with van der Waals surface area (Å²) in [6, 6.07) is 4.26. The van der Waals surface area contributed by atoms with Crippen LogP contribution in [0.25, 0.3) is 0 Å². The van der Waals surface area contributed by atoms with Crippen molar-refractivity contribution < 1.29 is 18.3 Å². The predicted molar refractivity (Wildman–Crippen MR) is 84.3 cm³/mol. The summed E-state index contributed by atoms with van der Waals surface area (Å²) in [7, 11) is 1.86. The number of aromatic hydroxyl groups is 1. The molecule has 1 fully saturated rings. The number of hydrogen-bond donors (Lipinski definition) is 2. The van der Waals surface area contributed by atoms with Gasteiger partial charge in [0.2, 0.25) is 0 Å². The number of alkyl halides is 3. The van der Waals surface area contributed by atoms with E-state index in [1.54, 1.807) is 6.07 Å². The number of nitrogens with one attached hydrogen (secondary N) is 1.